The zero-order valence-corrected chi connectivity index (χ0v) is 12.8. The van der Waals surface area contributed by atoms with Crippen molar-refractivity contribution in [3.05, 3.63) is 0 Å². The van der Waals surface area contributed by atoms with Crippen LogP contribution in [0.5, 0.6) is 0 Å². The Bertz CT molecular complexity index is 294. The van der Waals surface area contributed by atoms with E-state index in [2.05, 4.69) is 20.8 Å². The number of morpholine rings is 1. The minimum absolute atomic E-state index is 0.286. The molecule has 2 fully saturated rings. The molecular weight excluding hydrogens is 238 g/mol. The molecule has 3 nitrogen and oxygen atoms in total. The molecule has 0 radical (unpaired) electrons. The lowest BCUT2D eigenvalue weighted by Gasteiger charge is -2.35. The predicted octanol–water partition coefficient (Wildman–Crippen LogP) is 3.09. The van der Waals surface area contributed by atoms with Gasteiger partial charge in [0.25, 0.3) is 0 Å². The molecule has 0 aromatic rings. The summed E-state index contributed by atoms with van der Waals surface area (Å²) in [5.41, 5.74) is 0.422. The molecule has 0 aromatic heterocycles. The molecule has 1 saturated carbocycles. The summed E-state index contributed by atoms with van der Waals surface area (Å²) in [5, 5.41) is 0. The van der Waals surface area contributed by atoms with Crippen LogP contribution in [0.4, 0.5) is 0 Å². The van der Waals surface area contributed by atoms with Gasteiger partial charge < -0.3 is 9.64 Å². The van der Waals surface area contributed by atoms with Gasteiger partial charge in [-0.15, -0.1) is 0 Å². The predicted molar refractivity (Wildman–Crippen MR) is 76.9 cm³/mol. The van der Waals surface area contributed by atoms with E-state index in [4.69, 9.17) is 4.74 Å². The SMILES string of the molecule is CC(C)(C)CC1CCC(C(=O)N2CCOCC2)CC1. The van der Waals surface area contributed by atoms with E-state index in [-0.39, 0.29) is 5.92 Å². The molecule has 0 spiro atoms. The number of rotatable bonds is 2. The molecule has 0 atom stereocenters. The summed E-state index contributed by atoms with van der Waals surface area (Å²) in [7, 11) is 0. The second-order valence-electron chi connectivity index (χ2n) is 7.42. The van der Waals surface area contributed by atoms with Crippen molar-refractivity contribution in [3.63, 3.8) is 0 Å². The van der Waals surface area contributed by atoms with Crippen LogP contribution in [0, 0.1) is 17.3 Å². The van der Waals surface area contributed by atoms with Gasteiger partial charge in [-0.25, -0.2) is 0 Å². The van der Waals surface area contributed by atoms with Gasteiger partial charge in [0.2, 0.25) is 5.91 Å². The summed E-state index contributed by atoms with van der Waals surface area (Å²) >= 11 is 0. The van der Waals surface area contributed by atoms with Crippen molar-refractivity contribution in [2.45, 2.75) is 52.9 Å². The Labute approximate surface area is 117 Å². The van der Waals surface area contributed by atoms with Crippen LogP contribution in [0.3, 0.4) is 0 Å². The first-order valence-electron chi connectivity index (χ1n) is 7.82. The van der Waals surface area contributed by atoms with Gasteiger partial charge in [-0.2, -0.15) is 0 Å². The van der Waals surface area contributed by atoms with Crippen LogP contribution in [0.25, 0.3) is 0 Å². The minimum atomic E-state index is 0.286. The Kier molecular flexibility index (Phi) is 4.88. The highest BCUT2D eigenvalue weighted by Gasteiger charge is 2.31. The van der Waals surface area contributed by atoms with Crippen molar-refractivity contribution in [1.29, 1.82) is 0 Å². The first kappa shape index (κ1) is 14.8. The first-order valence-corrected chi connectivity index (χ1v) is 7.82. The lowest BCUT2D eigenvalue weighted by molar-refractivity contribution is -0.141. The topological polar surface area (TPSA) is 29.5 Å². The van der Waals surface area contributed by atoms with Gasteiger partial charge in [0.15, 0.2) is 0 Å². The van der Waals surface area contributed by atoms with Crippen molar-refractivity contribution in [2.24, 2.45) is 17.3 Å². The molecule has 1 heterocycles. The number of amides is 1. The maximum atomic E-state index is 12.4. The molecule has 0 unspecified atom stereocenters. The maximum Gasteiger partial charge on any atom is 0.225 e. The van der Waals surface area contributed by atoms with Crippen molar-refractivity contribution >= 4 is 5.91 Å². The highest BCUT2D eigenvalue weighted by Crippen LogP contribution is 2.37. The zero-order valence-electron chi connectivity index (χ0n) is 12.8. The molecule has 0 bridgehead atoms. The van der Waals surface area contributed by atoms with Crippen LogP contribution in [0.2, 0.25) is 0 Å². The lowest BCUT2D eigenvalue weighted by Crippen LogP contribution is -2.44. The largest absolute Gasteiger partial charge is 0.378 e. The number of carbonyl (C=O) groups is 1. The quantitative estimate of drug-likeness (QED) is 0.769. The number of carbonyl (C=O) groups excluding carboxylic acids is 1. The normalized spacial score (nSPS) is 29.3. The Balaban J connectivity index is 1.77. The van der Waals surface area contributed by atoms with E-state index in [0.29, 0.717) is 24.5 Å². The Morgan fingerprint density at radius 2 is 1.68 bits per heavy atom. The highest BCUT2D eigenvalue weighted by molar-refractivity contribution is 5.79. The van der Waals surface area contributed by atoms with Crippen LogP contribution in [-0.4, -0.2) is 37.1 Å². The Morgan fingerprint density at radius 1 is 1.11 bits per heavy atom. The molecule has 1 aliphatic heterocycles. The van der Waals surface area contributed by atoms with Gasteiger partial charge in [-0.1, -0.05) is 20.8 Å². The molecule has 1 amide bonds. The van der Waals surface area contributed by atoms with Crippen molar-refractivity contribution in [2.75, 3.05) is 26.3 Å². The van der Waals surface area contributed by atoms with E-state index < -0.39 is 0 Å². The Morgan fingerprint density at radius 3 is 2.21 bits per heavy atom. The molecule has 0 N–H and O–H groups in total. The number of hydrogen-bond donors (Lipinski definition) is 0. The summed E-state index contributed by atoms with van der Waals surface area (Å²) in [4.78, 5) is 14.4. The fourth-order valence-corrected chi connectivity index (χ4v) is 3.52. The van der Waals surface area contributed by atoms with Gasteiger partial charge in [0.1, 0.15) is 0 Å². The van der Waals surface area contributed by atoms with E-state index in [1.165, 1.54) is 19.3 Å². The van der Waals surface area contributed by atoms with Crippen molar-refractivity contribution in [1.82, 2.24) is 4.90 Å². The van der Waals surface area contributed by atoms with E-state index >= 15 is 0 Å². The summed E-state index contributed by atoms with van der Waals surface area (Å²) in [6, 6.07) is 0. The van der Waals surface area contributed by atoms with Crippen LogP contribution < -0.4 is 0 Å². The van der Waals surface area contributed by atoms with Crippen LogP contribution in [-0.2, 0) is 9.53 Å². The second-order valence-corrected chi connectivity index (χ2v) is 7.42. The molecule has 3 heteroatoms. The van der Waals surface area contributed by atoms with Gasteiger partial charge in [0.05, 0.1) is 13.2 Å². The standard InChI is InChI=1S/C16H29NO2/c1-16(2,3)12-13-4-6-14(7-5-13)15(18)17-8-10-19-11-9-17/h13-14H,4-12H2,1-3H3. The summed E-state index contributed by atoms with van der Waals surface area (Å²) in [6.45, 7) is 9.96. The number of hydrogen-bond acceptors (Lipinski definition) is 2. The Hall–Kier alpha value is -0.570. The fourth-order valence-electron chi connectivity index (χ4n) is 3.52. The van der Waals surface area contributed by atoms with Crippen LogP contribution >= 0.6 is 0 Å². The molecule has 2 rings (SSSR count). The third kappa shape index (κ3) is 4.48. The third-order valence-corrected chi connectivity index (χ3v) is 4.42. The lowest BCUT2D eigenvalue weighted by atomic mass is 9.74. The molecule has 0 aromatic carbocycles. The zero-order chi connectivity index (χ0) is 13.9. The average Bonchev–Trinajstić information content (AvgIpc) is 2.38. The van der Waals surface area contributed by atoms with Crippen molar-refractivity contribution < 1.29 is 9.53 Å². The maximum absolute atomic E-state index is 12.4. The van der Waals surface area contributed by atoms with Crippen LogP contribution in [0.15, 0.2) is 0 Å². The molecule has 1 aliphatic carbocycles. The third-order valence-electron chi connectivity index (χ3n) is 4.42. The monoisotopic (exact) mass is 267 g/mol. The smallest absolute Gasteiger partial charge is 0.225 e. The number of ether oxygens (including phenoxy) is 1. The molecular formula is C16H29NO2. The summed E-state index contributed by atoms with van der Waals surface area (Å²) < 4.78 is 5.32. The van der Waals surface area contributed by atoms with E-state index in [1.807, 2.05) is 4.90 Å². The van der Waals surface area contributed by atoms with Gasteiger partial charge in [-0.3, -0.25) is 4.79 Å². The fraction of sp³-hybridized carbons (Fsp3) is 0.938. The highest BCUT2D eigenvalue weighted by atomic mass is 16.5. The van der Waals surface area contributed by atoms with Crippen LogP contribution in [0.1, 0.15) is 52.9 Å². The van der Waals surface area contributed by atoms with E-state index in [0.717, 1.165) is 31.8 Å². The van der Waals surface area contributed by atoms with E-state index in [1.54, 1.807) is 0 Å². The summed E-state index contributed by atoms with van der Waals surface area (Å²) in [5.74, 6) is 1.50. The number of nitrogens with zero attached hydrogens (tertiary/aromatic N) is 1. The molecule has 19 heavy (non-hydrogen) atoms. The van der Waals surface area contributed by atoms with Gasteiger partial charge in [0, 0.05) is 19.0 Å². The average molecular weight is 267 g/mol. The summed E-state index contributed by atoms with van der Waals surface area (Å²) in [6.07, 6.45) is 5.95. The van der Waals surface area contributed by atoms with Crippen molar-refractivity contribution in [3.8, 4) is 0 Å². The van der Waals surface area contributed by atoms with E-state index in [9.17, 15) is 4.79 Å². The molecule has 1 saturated heterocycles. The molecule has 2 aliphatic rings. The second kappa shape index (κ2) is 6.25. The van der Waals surface area contributed by atoms with Gasteiger partial charge in [-0.05, 0) is 43.4 Å². The minimum Gasteiger partial charge on any atom is -0.378 e. The first-order chi connectivity index (χ1) is 8.96. The van der Waals surface area contributed by atoms with Gasteiger partial charge >= 0.3 is 0 Å². The molecule has 110 valence electrons.